The quantitative estimate of drug-likeness (QED) is 0.863. The van der Waals surface area contributed by atoms with Crippen LogP contribution in [0.25, 0.3) is 0 Å². The number of nitrogens with one attached hydrogen (secondary N) is 1. The summed E-state index contributed by atoms with van der Waals surface area (Å²) in [5.41, 5.74) is 0.681. The summed E-state index contributed by atoms with van der Waals surface area (Å²) >= 11 is 0. The van der Waals surface area contributed by atoms with E-state index in [1.807, 2.05) is 11.9 Å². The SMILES string of the molecule is CCNCC1CCN(C(=O)c2cncn2C)CC1. The molecule has 1 aliphatic rings. The van der Waals surface area contributed by atoms with Gasteiger partial charge in [0.05, 0.1) is 12.5 Å². The minimum Gasteiger partial charge on any atom is -0.337 e. The number of aryl methyl sites for hydroxylation is 1. The molecular formula is C13H22N4O. The van der Waals surface area contributed by atoms with Crippen molar-refractivity contribution >= 4 is 5.91 Å². The van der Waals surface area contributed by atoms with Gasteiger partial charge in [-0.05, 0) is 31.8 Å². The van der Waals surface area contributed by atoms with Crippen LogP contribution in [0.3, 0.4) is 0 Å². The third kappa shape index (κ3) is 2.90. The molecule has 1 N–H and O–H groups in total. The molecule has 100 valence electrons. The fraction of sp³-hybridized carbons (Fsp3) is 0.692. The lowest BCUT2D eigenvalue weighted by Crippen LogP contribution is -2.41. The van der Waals surface area contributed by atoms with Crippen LogP contribution in [0.5, 0.6) is 0 Å². The van der Waals surface area contributed by atoms with Crippen molar-refractivity contribution in [1.29, 1.82) is 0 Å². The molecule has 0 aromatic carbocycles. The Morgan fingerprint density at radius 1 is 1.50 bits per heavy atom. The van der Waals surface area contributed by atoms with E-state index < -0.39 is 0 Å². The predicted octanol–water partition coefficient (Wildman–Crippen LogP) is 0.882. The zero-order valence-electron chi connectivity index (χ0n) is 11.2. The molecule has 0 bridgehead atoms. The van der Waals surface area contributed by atoms with Gasteiger partial charge >= 0.3 is 0 Å². The number of likely N-dealkylation sites (tertiary alicyclic amines) is 1. The van der Waals surface area contributed by atoms with Crippen molar-refractivity contribution in [3.05, 3.63) is 18.2 Å². The van der Waals surface area contributed by atoms with Crippen LogP contribution in [0, 0.1) is 5.92 Å². The van der Waals surface area contributed by atoms with Crippen molar-refractivity contribution in [2.75, 3.05) is 26.2 Å². The molecule has 0 atom stereocenters. The Hall–Kier alpha value is -1.36. The molecule has 0 spiro atoms. The molecule has 2 heterocycles. The molecule has 1 aromatic heterocycles. The third-order valence-electron chi connectivity index (χ3n) is 3.62. The van der Waals surface area contributed by atoms with E-state index in [2.05, 4.69) is 17.2 Å². The number of rotatable bonds is 4. The maximum absolute atomic E-state index is 12.3. The van der Waals surface area contributed by atoms with E-state index in [1.165, 1.54) is 0 Å². The number of imidazole rings is 1. The van der Waals surface area contributed by atoms with E-state index in [0.29, 0.717) is 11.6 Å². The molecule has 2 rings (SSSR count). The zero-order chi connectivity index (χ0) is 13.0. The second-order valence-electron chi connectivity index (χ2n) is 4.93. The number of nitrogens with zero attached hydrogens (tertiary/aromatic N) is 3. The number of hydrogen-bond donors (Lipinski definition) is 1. The number of hydrogen-bond acceptors (Lipinski definition) is 3. The molecule has 1 aromatic rings. The van der Waals surface area contributed by atoms with Gasteiger partial charge in [-0.2, -0.15) is 0 Å². The molecule has 1 saturated heterocycles. The van der Waals surface area contributed by atoms with Crippen LogP contribution in [0.1, 0.15) is 30.3 Å². The summed E-state index contributed by atoms with van der Waals surface area (Å²) < 4.78 is 1.78. The highest BCUT2D eigenvalue weighted by molar-refractivity contribution is 5.92. The highest BCUT2D eigenvalue weighted by Gasteiger charge is 2.24. The van der Waals surface area contributed by atoms with Crippen molar-refractivity contribution in [2.24, 2.45) is 13.0 Å². The van der Waals surface area contributed by atoms with Gasteiger partial charge in [-0.1, -0.05) is 6.92 Å². The normalized spacial score (nSPS) is 17.1. The lowest BCUT2D eigenvalue weighted by Gasteiger charge is -2.32. The molecule has 0 saturated carbocycles. The van der Waals surface area contributed by atoms with Crippen LogP contribution >= 0.6 is 0 Å². The number of piperidine rings is 1. The average Bonchev–Trinajstić information content (AvgIpc) is 2.82. The summed E-state index contributed by atoms with van der Waals surface area (Å²) in [6.07, 6.45) is 5.51. The van der Waals surface area contributed by atoms with Gasteiger partial charge in [-0.3, -0.25) is 4.79 Å². The highest BCUT2D eigenvalue weighted by Crippen LogP contribution is 2.18. The van der Waals surface area contributed by atoms with Crippen molar-refractivity contribution in [2.45, 2.75) is 19.8 Å². The Bertz CT molecular complexity index is 393. The van der Waals surface area contributed by atoms with Gasteiger partial charge in [0.2, 0.25) is 0 Å². The Morgan fingerprint density at radius 3 is 2.78 bits per heavy atom. The number of carbonyl (C=O) groups is 1. The number of amides is 1. The van der Waals surface area contributed by atoms with Gasteiger partial charge < -0.3 is 14.8 Å². The topological polar surface area (TPSA) is 50.2 Å². The van der Waals surface area contributed by atoms with E-state index in [9.17, 15) is 4.79 Å². The maximum atomic E-state index is 12.3. The van der Waals surface area contributed by atoms with Crippen LogP contribution in [-0.2, 0) is 7.05 Å². The largest absolute Gasteiger partial charge is 0.337 e. The number of carbonyl (C=O) groups excluding carboxylic acids is 1. The van der Waals surface area contributed by atoms with Crippen molar-refractivity contribution in [3.63, 3.8) is 0 Å². The fourth-order valence-corrected chi connectivity index (χ4v) is 2.41. The Labute approximate surface area is 108 Å². The average molecular weight is 250 g/mol. The van der Waals surface area contributed by atoms with Gasteiger partial charge in [-0.25, -0.2) is 4.98 Å². The lowest BCUT2D eigenvalue weighted by atomic mass is 9.96. The molecule has 0 aliphatic carbocycles. The zero-order valence-corrected chi connectivity index (χ0v) is 11.2. The molecule has 1 fully saturated rings. The Balaban J connectivity index is 1.86. The monoisotopic (exact) mass is 250 g/mol. The Kier molecular flexibility index (Phi) is 4.36. The molecule has 5 nitrogen and oxygen atoms in total. The molecule has 1 aliphatic heterocycles. The summed E-state index contributed by atoms with van der Waals surface area (Å²) in [7, 11) is 1.86. The first-order chi connectivity index (χ1) is 8.72. The highest BCUT2D eigenvalue weighted by atomic mass is 16.2. The summed E-state index contributed by atoms with van der Waals surface area (Å²) in [4.78, 5) is 18.2. The van der Waals surface area contributed by atoms with Gasteiger partial charge in [0.25, 0.3) is 5.91 Å². The molecule has 0 unspecified atom stereocenters. The second-order valence-corrected chi connectivity index (χ2v) is 4.93. The van der Waals surface area contributed by atoms with Crippen LogP contribution in [0.2, 0.25) is 0 Å². The minimum atomic E-state index is 0.108. The summed E-state index contributed by atoms with van der Waals surface area (Å²) in [6.45, 7) is 5.94. The second kappa shape index (κ2) is 6.00. The smallest absolute Gasteiger partial charge is 0.272 e. The van der Waals surface area contributed by atoms with Crippen molar-refractivity contribution < 1.29 is 4.79 Å². The standard InChI is InChI=1S/C13H22N4O/c1-3-14-8-11-4-6-17(7-5-11)13(18)12-9-15-10-16(12)2/h9-11,14H,3-8H2,1-2H3. The maximum Gasteiger partial charge on any atom is 0.272 e. The van der Waals surface area contributed by atoms with E-state index in [4.69, 9.17) is 0 Å². The predicted molar refractivity (Wildman–Crippen MR) is 70.4 cm³/mol. The van der Waals surface area contributed by atoms with Crippen LogP contribution < -0.4 is 5.32 Å². The minimum absolute atomic E-state index is 0.108. The molecule has 18 heavy (non-hydrogen) atoms. The van der Waals surface area contributed by atoms with Gasteiger partial charge in [0.15, 0.2) is 0 Å². The van der Waals surface area contributed by atoms with Crippen LogP contribution in [0.4, 0.5) is 0 Å². The van der Waals surface area contributed by atoms with Crippen LogP contribution in [-0.4, -0.2) is 46.5 Å². The van der Waals surface area contributed by atoms with Crippen molar-refractivity contribution in [1.82, 2.24) is 19.8 Å². The van der Waals surface area contributed by atoms with E-state index in [1.54, 1.807) is 17.1 Å². The van der Waals surface area contributed by atoms with E-state index in [-0.39, 0.29) is 5.91 Å². The molecule has 1 amide bonds. The van der Waals surface area contributed by atoms with Crippen molar-refractivity contribution in [3.8, 4) is 0 Å². The third-order valence-corrected chi connectivity index (χ3v) is 3.62. The van der Waals surface area contributed by atoms with Gasteiger partial charge in [0, 0.05) is 20.1 Å². The Morgan fingerprint density at radius 2 is 2.22 bits per heavy atom. The van der Waals surface area contributed by atoms with Gasteiger partial charge in [-0.15, -0.1) is 0 Å². The molecular weight excluding hydrogens is 228 g/mol. The van der Waals surface area contributed by atoms with E-state index >= 15 is 0 Å². The first kappa shape index (κ1) is 13.1. The summed E-state index contributed by atoms with van der Waals surface area (Å²) in [5, 5.41) is 3.38. The lowest BCUT2D eigenvalue weighted by molar-refractivity contribution is 0.0680. The first-order valence-electron chi connectivity index (χ1n) is 6.68. The molecule has 0 radical (unpaired) electrons. The fourth-order valence-electron chi connectivity index (χ4n) is 2.41. The molecule has 5 heteroatoms. The number of aromatic nitrogens is 2. The summed E-state index contributed by atoms with van der Waals surface area (Å²) in [5.74, 6) is 0.817. The van der Waals surface area contributed by atoms with E-state index in [0.717, 1.165) is 39.0 Å². The van der Waals surface area contributed by atoms with Crippen LogP contribution in [0.15, 0.2) is 12.5 Å². The summed E-state index contributed by atoms with van der Waals surface area (Å²) in [6, 6.07) is 0. The first-order valence-corrected chi connectivity index (χ1v) is 6.68. The van der Waals surface area contributed by atoms with Gasteiger partial charge in [0.1, 0.15) is 5.69 Å².